The Kier molecular flexibility index (Phi) is 9.75. The lowest BCUT2D eigenvalue weighted by atomic mass is 10.1. The number of rotatable bonds is 13. The van der Waals surface area contributed by atoms with Crippen molar-refractivity contribution in [3.63, 3.8) is 0 Å². The number of imidazole rings is 1. The molecule has 0 spiro atoms. The minimum Gasteiger partial charge on any atom is -0.480 e. The smallest absolute Gasteiger partial charge is 0.408 e. The van der Waals surface area contributed by atoms with Crippen LogP contribution in [0.25, 0.3) is 11.0 Å². The van der Waals surface area contributed by atoms with Crippen LogP contribution in [0.15, 0.2) is 109 Å². The summed E-state index contributed by atoms with van der Waals surface area (Å²) in [6, 6.07) is 32.1. The highest BCUT2D eigenvalue weighted by Crippen LogP contribution is 2.48. The number of para-hydroxylation sites is 2. The van der Waals surface area contributed by atoms with Crippen molar-refractivity contribution in [2.24, 2.45) is 5.92 Å². The number of nitrogens with one attached hydrogen (secondary N) is 3. The van der Waals surface area contributed by atoms with Gasteiger partial charge in [-0.1, -0.05) is 84.9 Å². The fraction of sp³-hybridized carbons (Fsp3) is 0.216. The number of H-pyrrole nitrogens is 1. The van der Waals surface area contributed by atoms with Gasteiger partial charge in [0, 0.05) is 24.6 Å². The van der Waals surface area contributed by atoms with Crippen LogP contribution >= 0.6 is 0 Å². The van der Waals surface area contributed by atoms with E-state index in [4.69, 9.17) is 4.74 Å². The zero-order valence-electron chi connectivity index (χ0n) is 26.0. The molecule has 11 nitrogen and oxygen atoms in total. The molecule has 0 radical (unpaired) electrons. The molecule has 3 atom stereocenters. The maximum Gasteiger partial charge on any atom is 0.408 e. The number of fused-ring (bicyclic) bond motifs is 1. The fourth-order valence-electron chi connectivity index (χ4n) is 5.63. The van der Waals surface area contributed by atoms with Crippen LogP contribution in [-0.4, -0.2) is 56.4 Å². The van der Waals surface area contributed by atoms with Crippen molar-refractivity contribution in [2.45, 2.75) is 38.1 Å². The number of benzene rings is 4. The molecule has 1 aromatic heterocycles. The van der Waals surface area contributed by atoms with Gasteiger partial charge in [-0.15, -0.1) is 0 Å². The molecule has 11 heteroatoms. The van der Waals surface area contributed by atoms with Gasteiger partial charge in [0.05, 0.1) is 17.6 Å². The van der Waals surface area contributed by atoms with Gasteiger partial charge < -0.3 is 30.4 Å². The molecule has 1 fully saturated rings. The highest BCUT2D eigenvalue weighted by Gasteiger charge is 2.45. The molecule has 1 saturated carbocycles. The Morgan fingerprint density at radius 1 is 0.854 bits per heavy atom. The maximum atomic E-state index is 13.8. The molecule has 5 aromatic rings. The van der Waals surface area contributed by atoms with E-state index in [1.54, 1.807) is 53.4 Å². The predicted octanol–water partition coefficient (Wildman–Crippen LogP) is 5.00. The van der Waals surface area contributed by atoms with Crippen molar-refractivity contribution in [1.29, 1.82) is 0 Å². The van der Waals surface area contributed by atoms with E-state index in [2.05, 4.69) is 32.7 Å². The number of carboxylic acids is 1. The van der Waals surface area contributed by atoms with E-state index in [1.807, 2.05) is 48.5 Å². The van der Waals surface area contributed by atoms with Crippen molar-refractivity contribution in [3.05, 3.63) is 137 Å². The number of amides is 3. The second-order valence-electron chi connectivity index (χ2n) is 11.8. The SMILES string of the molecule is O=C(N[C@@H](CNC(=O)c1ccc(CN(Cc2nc3ccccc3[nH]2)C(=O)C2CC2c2ccccc2)cc1)C(=O)O)OCc1ccccc1. The van der Waals surface area contributed by atoms with Crippen LogP contribution in [-0.2, 0) is 34.0 Å². The fourth-order valence-corrected chi connectivity index (χ4v) is 5.63. The third-order valence-corrected chi connectivity index (χ3v) is 8.29. The molecule has 1 aliphatic rings. The molecule has 1 heterocycles. The lowest BCUT2D eigenvalue weighted by Crippen LogP contribution is -2.48. The summed E-state index contributed by atoms with van der Waals surface area (Å²) in [5.74, 6) is -1.04. The Bertz CT molecular complexity index is 1860. The molecule has 0 bridgehead atoms. The van der Waals surface area contributed by atoms with Gasteiger partial charge in [-0.25, -0.2) is 14.6 Å². The topological polar surface area (TPSA) is 154 Å². The lowest BCUT2D eigenvalue weighted by molar-refractivity contribution is -0.139. The van der Waals surface area contributed by atoms with Gasteiger partial charge in [0.25, 0.3) is 5.91 Å². The van der Waals surface area contributed by atoms with Gasteiger partial charge >= 0.3 is 12.1 Å². The molecule has 48 heavy (non-hydrogen) atoms. The Morgan fingerprint density at radius 2 is 1.54 bits per heavy atom. The van der Waals surface area contributed by atoms with E-state index in [0.29, 0.717) is 24.5 Å². The monoisotopic (exact) mass is 645 g/mol. The third-order valence-electron chi connectivity index (χ3n) is 8.29. The van der Waals surface area contributed by atoms with E-state index in [1.165, 1.54) is 0 Å². The summed E-state index contributed by atoms with van der Waals surface area (Å²) in [4.78, 5) is 60.4. The largest absolute Gasteiger partial charge is 0.480 e. The zero-order valence-corrected chi connectivity index (χ0v) is 26.0. The van der Waals surface area contributed by atoms with Crippen LogP contribution in [0.4, 0.5) is 4.79 Å². The number of nitrogens with zero attached hydrogens (tertiary/aromatic N) is 2. The van der Waals surface area contributed by atoms with Crippen LogP contribution in [0.2, 0.25) is 0 Å². The normalized spacial score (nSPS) is 15.7. The van der Waals surface area contributed by atoms with Crippen molar-refractivity contribution < 1.29 is 29.0 Å². The minimum absolute atomic E-state index is 0.0206. The van der Waals surface area contributed by atoms with E-state index in [9.17, 15) is 24.3 Å². The second-order valence-corrected chi connectivity index (χ2v) is 11.8. The predicted molar refractivity (Wildman–Crippen MR) is 178 cm³/mol. The Labute approximate surface area is 277 Å². The molecule has 0 aliphatic heterocycles. The highest BCUT2D eigenvalue weighted by atomic mass is 16.5. The molecule has 0 saturated heterocycles. The quantitative estimate of drug-likeness (QED) is 0.141. The van der Waals surface area contributed by atoms with Gasteiger partial charge in [-0.3, -0.25) is 9.59 Å². The molecule has 4 aromatic carbocycles. The van der Waals surface area contributed by atoms with Crippen molar-refractivity contribution in [2.75, 3.05) is 6.54 Å². The molecule has 244 valence electrons. The number of aliphatic carboxylic acids is 1. The van der Waals surface area contributed by atoms with Gasteiger partial charge in [-0.05, 0) is 53.3 Å². The average Bonchev–Trinajstić information content (AvgIpc) is 3.81. The van der Waals surface area contributed by atoms with Crippen molar-refractivity contribution in [1.82, 2.24) is 25.5 Å². The minimum atomic E-state index is -1.39. The number of hydrogen-bond donors (Lipinski definition) is 4. The summed E-state index contributed by atoms with van der Waals surface area (Å²) in [6.45, 7) is 0.240. The van der Waals surface area contributed by atoms with Gasteiger partial charge in [-0.2, -0.15) is 0 Å². The Hall–Kier alpha value is -5.97. The van der Waals surface area contributed by atoms with Crippen LogP contribution in [0.5, 0.6) is 0 Å². The summed E-state index contributed by atoms with van der Waals surface area (Å²) in [5.41, 5.74) is 4.75. The van der Waals surface area contributed by atoms with E-state index >= 15 is 0 Å². The molecular weight excluding hydrogens is 610 g/mol. The van der Waals surface area contributed by atoms with E-state index in [0.717, 1.165) is 34.1 Å². The zero-order chi connectivity index (χ0) is 33.5. The highest BCUT2D eigenvalue weighted by molar-refractivity contribution is 5.94. The van der Waals surface area contributed by atoms with Gasteiger partial charge in [0.15, 0.2) is 0 Å². The van der Waals surface area contributed by atoms with Gasteiger partial charge in [0.2, 0.25) is 5.91 Å². The number of carbonyl (C=O) groups is 4. The van der Waals surface area contributed by atoms with Crippen LogP contribution in [0, 0.1) is 5.92 Å². The first-order chi connectivity index (χ1) is 23.3. The van der Waals surface area contributed by atoms with Crippen LogP contribution in [0.3, 0.4) is 0 Å². The molecule has 1 aliphatic carbocycles. The summed E-state index contributed by atoms with van der Waals surface area (Å²) >= 11 is 0. The summed E-state index contributed by atoms with van der Waals surface area (Å²) in [6.07, 6.45) is -0.122. The first kappa shape index (κ1) is 32.0. The number of carbonyl (C=O) groups excluding carboxylic acids is 3. The Morgan fingerprint density at radius 3 is 2.25 bits per heavy atom. The molecule has 3 amide bonds. The number of ether oxygens (including phenoxy) is 1. The summed E-state index contributed by atoms with van der Waals surface area (Å²) in [7, 11) is 0. The van der Waals surface area contributed by atoms with Gasteiger partial charge in [0.1, 0.15) is 18.5 Å². The maximum absolute atomic E-state index is 13.8. The average molecular weight is 646 g/mol. The number of aromatic amines is 1. The van der Waals surface area contributed by atoms with E-state index in [-0.39, 0.29) is 30.9 Å². The third kappa shape index (κ3) is 8.05. The Balaban J connectivity index is 1.07. The summed E-state index contributed by atoms with van der Waals surface area (Å²) in [5, 5.41) is 14.4. The van der Waals surface area contributed by atoms with Crippen LogP contribution < -0.4 is 10.6 Å². The number of aromatic nitrogens is 2. The molecule has 6 rings (SSSR count). The lowest BCUT2D eigenvalue weighted by Gasteiger charge is -2.22. The first-order valence-corrected chi connectivity index (χ1v) is 15.7. The number of carboxylic acid groups (broad SMARTS) is 1. The van der Waals surface area contributed by atoms with Crippen LogP contribution in [0.1, 0.15) is 45.2 Å². The molecular formula is C37H35N5O6. The number of hydrogen-bond acceptors (Lipinski definition) is 6. The second kappa shape index (κ2) is 14.6. The number of alkyl carbamates (subject to hydrolysis) is 1. The van der Waals surface area contributed by atoms with Crippen molar-refractivity contribution in [3.8, 4) is 0 Å². The standard InChI is InChI=1S/C37H35N5O6/c43-34(38-20-32(36(45)46)41-37(47)48-23-25-9-3-1-4-10-25)27-17-15-24(16-18-27)21-42(22-33-39-30-13-7-8-14-31(30)40-33)35(44)29-19-28(29)26-11-5-2-6-12-26/h1-18,28-29,32H,19-23H2,(H,38,43)(H,39,40)(H,41,47)(H,45,46)/t28?,29?,32-/m0/s1. The first-order valence-electron chi connectivity index (χ1n) is 15.7. The van der Waals surface area contributed by atoms with E-state index < -0.39 is 24.0 Å². The summed E-state index contributed by atoms with van der Waals surface area (Å²) < 4.78 is 5.10. The molecule has 4 N–H and O–H groups in total. The van der Waals surface area contributed by atoms with Crippen molar-refractivity contribution >= 4 is 34.9 Å². The molecule has 2 unspecified atom stereocenters.